The summed E-state index contributed by atoms with van der Waals surface area (Å²) in [6, 6.07) is 5.50. The van der Waals surface area contributed by atoms with Gasteiger partial charge in [0.05, 0.1) is 0 Å². The molecule has 0 spiro atoms. The summed E-state index contributed by atoms with van der Waals surface area (Å²) in [5.74, 6) is 0. The maximum absolute atomic E-state index is 10.4. The number of benzene rings is 1. The summed E-state index contributed by atoms with van der Waals surface area (Å²) in [7, 11) is 0. The van der Waals surface area contributed by atoms with Crippen molar-refractivity contribution < 1.29 is 4.79 Å². The highest BCUT2D eigenvalue weighted by Crippen LogP contribution is 2.15. The highest BCUT2D eigenvalue weighted by atomic mass is 16.1. The molecule has 2 N–H and O–H groups in total. The Kier molecular flexibility index (Phi) is 2.26. The van der Waals surface area contributed by atoms with Crippen LogP contribution >= 0.6 is 0 Å². The normalized spacial score (nSPS) is 9.55. The molecule has 0 saturated heterocycles. The molecule has 1 rings (SSSR count). The first-order chi connectivity index (χ1) is 5.29. The molecule has 0 radical (unpaired) electrons. The smallest absolute Gasteiger partial charge is 0.152 e. The van der Waals surface area contributed by atoms with Gasteiger partial charge >= 0.3 is 0 Å². The van der Waals surface area contributed by atoms with E-state index in [1.165, 1.54) is 0 Å². The fourth-order valence-corrected chi connectivity index (χ4v) is 1.04. The number of hydrogen-bond donors (Lipinski definition) is 1. The van der Waals surface area contributed by atoms with E-state index in [0.29, 0.717) is 11.3 Å². The molecule has 11 heavy (non-hydrogen) atoms. The molecule has 58 valence electrons. The summed E-state index contributed by atoms with van der Waals surface area (Å²) in [5.41, 5.74) is 7.91. The second kappa shape index (κ2) is 3.19. The molecular weight excluding hydrogens is 138 g/mol. The molecule has 1 aromatic carbocycles. The van der Waals surface area contributed by atoms with Crippen LogP contribution in [0.1, 0.15) is 22.8 Å². The lowest BCUT2D eigenvalue weighted by Crippen LogP contribution is -1.97. The highest BCUT2D eigenvalue weighted by molar-refractivity contribution is 5.84. The van der Waals surface area contributed by atoms with Gasteiger partial charge in [-0.2, -0.15) is 0 Å². The molecule has 0 saturated carbocycles. The molecule has 0 unspecified atom stereocenters. The Bertz CT molecular complexity index is 268. The van der Waals surface area contributed by atoms with E-state index in [4.69, 9.17) is 5.73 Å². The van der Waals surface area contributed by atoms with E-state index in [9.17, 15) is 4.79 Å². The third-order valence-electron chi connectivity index (χ3n) is 1.74. The van der Waals surface area contributed by atoms with Crippen LogP contribution < -0.4 is 5.73 Å². The zero-order valence-electron chi connectivity index (χ0n) is 6.50. The second-order valence-corrected chi connectivity index (χ2v) is 2.39. The number of hydrogen-bond acceptors (Lipinski definition) is 2. The van der Waals surface area contributed by atoms with Gasteiger partial charge in [0, 0.05) is 11.3 Å². The van der Waals surface area contributed by atoms with Crippen molar-refractivity contribution in [3.05, 3.63) is 29.3 Å². The molecular formula is C9H11NO. The molecule has 0 fully saturated rings. The lowest BCUT2D eigenvalue weighted by Gasteiger charge is -2.03. The van der Waals surface area contributed by atoms with Crippen LogP contribution in [-0.2, 0) is 6.42 Å². The van der Waals surface area contributed by atoms with Crippen molar-refractivity contribution in [2.45, 2.75) is 13.3 Å². The van der Waals surface area contributed by atoms with Crippen LogP contribution in [0.4, 0.5) is 5.69 Å². The number of aryl methyl sites for hydroxylation is 1. The van der Waals surface area contributed by atoms with Gasteiger partial charge in [-0.15, -0.1) is 0 Å². The Labute approximate surface area is 66.0 Å². The summed E-state index contributed by atoms with van der Waals surface area (Å²) in [6.07, 6.45) is 1.65. The SMILES string of the molecule is CCc1cccc(C=O)c1N. The summed E-state index contributed by atoms with van der Waals surface area (Å²) >= 11 is 0. The van der Waals surface area contributed by atoms with Crippen LogP contribution in [0.2, 0.25) is 0 Å². The van der Waals surface area contributed by atoms with Gasteiger partial charge in [-0.3, -0.25) is 4.79 Å². The number of nitrogens with two attached hydrogens (primary N) is 1. The Hall–Kier alpha value is -1.31. The van der Waals surface area contributed by atoms with Crippen molar-refractivity contribution in [3.8, 4) is 0 Å². The predicted octanol–water partition coefficient (Wildman–Crippen LogP) is 1.64. The Morgan fingerprint density at radius 3 is 2.82 bits per heavy atom. The first kappa shape index (κ1) is 7.79. The molecule has 0 aliphatic carbocycles. The van der Waals surface area contributed by atoms with Crippen molar-refractivity contribution in [2.24, 2.45) is 0 Å². The molecule has 0 amide bonds. The second-order valence-electron chi connectivity index (χ2n) is 2.39. The van der Waals surface area contributed by atoms with Crippen LogP contribution in [0.15, 0.2) is 18.2 Å². The quantitative estimate of drug-likeness (QED) is 0.513. The van der Waals surface area contributed by atoms with Gasteiger partial charge in [0.2, 0.25) is 0 Å². The van der Waals surface area contributed by atoms with Crippen molar-refractivity contribution in [1.82, 2.24) is 0 Å². The number of para-hydroxylation sites is 1. The van der Waals surface area contributed by atoms with E-state index in [0.717, 1.165) is 18.3 Å². The molecule has 0 aromatic heterocycles. The first-order valence-corrected chi connectivity index (χ1v) is 3.62. The van der Waals surface area contributed by atoms with Crippen molar-refractivity contribution in [3.63, 3.8) is 0 Å². The van der Waals surface area contributed by atoms with E-state index in [1.54, 1.807) is 6.07 Å². The number of nitrogen functional groups attached to an aromatic ring is 1. The van der Waals surface area contributed by atoms with Gasteiger partial charge in [0.15, 0.2) is 6.29 Å². The summed E-state index contributed by atoms with van der Waals surface area (Å²) < 4.78 is 0. The fourth-order valence-electron chi connectivity index (χ4n) is 1.04. The summed E-state index contributed by atoms with van der Waals surface area (Å²) in [5, 5.41) is 0. The molecule has 2 nitrogen and oxygen atoms in total. The average Bonchev–Trinajstić information content (AvgIpc) is 2.05. The van der Waals surface area contributed by atoms with E-state index >= 15 is 0 Å². The molecule has 0 heterocycles. The van der Waals surface area contributed by atoms with E-state index < -0.39 is 0 Å². The van der Waals surface area contributed by atoms with Crippen LogP contribution in [0.25, 0.3) is 0 Å². The summed E-state index contributed by atoms with van der Waals surface area (Å²) in [6.45, 7) is 2.01. The number of anilines is 1. The molecule has 0 aliphatic heterocycles. The monoisotopic (exact) mass is 149 g/mol. The standard InChI is InChI=1S/C9H11NO/c1-2-7-4-3-5-8(6-11)9(7)10/h3-6H,2,10H2,1H3. The third-order valence-corrected chi connectivity index (χ3v) is 1.74. The van der Waals surface area contributed by atoms with Crippen LogP contribution in [-0.4, -0.2) is 6.29 Å². The van der Waals surface area contributed by atoms with Gasteiger partial charge in [0.1, 0.15) is 0 Å². The minimum absolute atomic E-state index is 0.587. The zero-order valence-corrected chi connectivity index (χ0v) is 6.50. The number of carbonyl (C=O) groups is 1. The minimum Gasteiger partial charge on any atom is -0.398 e. The van der Waals surface area contributed by atoms with Crippen molar-refractivity contribution >= 4 is 12.0 Å². The highest BCUT2D eigenvalue weighted by Gasteiger charge is 2.00. The van der Waals surface area contributed by atoms with Gasteiger partial charge < -0.3 is 5.73 Å². The lowest BCUT2D eigenvalue weighted by atomic mass is 10.1. The van der Waals surface area contributed by atoms with Crippen LogP contribution in [0.3, 0.4) is 0 Å². The third kappa shape index (κ3) is 1.40. The summed E-state index contributed by atoms with van der Waals surface area (Å²) in [4.78, 5) is 10.4. The Morgan fingerprint density at radius 2 is 2.27 bits per heavy atom. The van der Waals surface area contributed by atoms with Gasteiger partial charge in [-0.05, 0) is 18.1 Å². The molecule has 0 atom stereocenters. The average molecular weight is 149 g/mol. The fraction of sp³-hybridized carbons (Fsp3) is 0.222. The van der Waals surface area contributed by atoms with E-state index in [-0.39, 0.29) is 0 Å². The first-order valence-electron chi connectivity index (χ1n) is 3.62. The maximum atomic E-state index is 10.4. The van der Waals surface area contributed by atoms with E-state index in [1.807, 2.05) is 19.1 Å². The van der Waals surface area contributed by atoms with E-state index in [2.05, 4.69) is 0 Å². The number of rotatable bonds is 2. The number of aldehydes is 1. The van der Waals surface area contributed by atoms with Crippen LogP contribution in [0.5, 0.6) is 0 Å². The van der Waals surface area contributed by atoms with Gasteiger partial charge in [-0.1, -0.05) is 19.1 Å². The predicted molar refractivity (Wildman–Crippen MR) is 45.6 cm³/mol. The molecule has 0 aliphatic rings. The van der Waals surface area contributed by atoms with Gasteiger partial charge in [0.25, 0.3) is 0 Å². The largest absolute Gasteiger partial charge is 0.398 e. The molecule has 2 heteroatoms. The minimum atomic E-state index is 0.587. The Morgan fingerprint density at radius 1 is 1.55 bits per heavy atom. The maximum Gasteiger partial charge on any atom is 0.152 e. The Balaban J connectivity index is 3.20. The van der Waals surface area contributed by atoms with Gasteiger partial charge in [-0.25, -0.2) is 0 Å². The van der Waals surface area contributed by atoms with Crippen molar-refractivity contribution in [1.29, 1.82) is 0 Å². The molecule has 0 bridgehead atoms. The number of carbonyl (C=O) groups excluding carboxylic acids is 1. The topological polar surface area (TPSA) is 43.1 Å². The molecule has 1 aromatic rings. The van der Waals surface area contributed by atoms with Crippen LogP contribution in [0, 0.1) is 0 Å². The zero-order chi connectivity index (χ0) is 8.27. The lowest BCUT2D eigenvalue weighted by molar-refractivity contribution is 0.112. The van der Waals surface area contributed by atoms with Crippen molar-refractivity contribution in [2.75, 3.05) is 5.73 Å².